The Morgan fingerprint density at radius 2 is 1.94 bits per heavy atom. The molecule has 174 valence electrons. The van der Waals surface area contributed by atoms with E-state index >= 15 is 0 Å². The molecule has 2 fully saturated rings. The average molecular weight is 475 g/mol. The van der Waals surface area contributed by atoms with Crippen molar-refractivity contribution in [2.24, 2.45) is 0 Å². The number of hydrogen-bond donors (Lipinski definition) is 0. The number of carbonyl (C=O) groups is 3. The predicted octanol–water partition coefficient (Wildman–Crippen LogP) is 3.80. The van der Waals surface area contributed by atoms with E-state index in [2.05, 4.69) is 9.97 Å². The zero-order valence-corrected chi connectivity index (χ0v) is 19.8. The zero-order valence-electron chi connectivity index (χ0n) is 19.0. The van der Waals surface area contributed by atoms with Gasteiger partial charge < -0.3 is 4.90 Å². The summed E-state index contributed by atoms with van der Waals surface area (Å²) >= 11 is 1.55. The molecule has 2 saturated heterocycles. The van der Waals surface area contributed by atoms with E-state index in [1.54, 1.807) is 42.1 Å². The third-order valence-corrected chi connectivity index (χ3v) is 7.80. The fourth-order valence-electron chi connectivity index (χ4n) is 5.27. The minimum absolute atomic E-state index is 0.0106. The second kappa shape index (κ2) is 9.10. The van der Waals surface area contributed by atoms with Gasteiger partial charge in [-0.25, -0.2) is 4.98 Å². The molecule has 0 unspecified atom stereocenters. The van der Waals surface area contributed by atoms with Crippen molar-refractivity contribution in [2.45, 2.75) is 50.6 Å². The second-order valence-corrected chi connectivity index (χ2v) is 9.93. The van der Waals surface area contributed by atoms with Crippen molar-refractivity contribution >= 4 is 29.1 Å². The van der Waals surface area contributed by atoms with Crippen LogP contribution in [0.2, 0.25) is 0 Å². The molecule has 0 spiro atoms. The van der Waals surface area contributed by atoms with Gasteiger partial charge in [0.1, 0.15) is 5.01 Å². The van der Waals surface area contributed by atoms with Crippen LogP contribution in [0.15, 0.2) is 60.4 Å². The monoisotopic (exact) mass is 474 g/mol. The van der Waals surface area contributed by atoms with Gasteiger partial charge in [0, 0.05) is 43.4 Å². The van der Waals surface area contributed by atoms with Crippen molar-refractivity contribution in [3.05, 3.63) is 82.1 Å². The quantitative estimate of drug-likeness (QED) is 0.508. The summed E-state index contributed by atoms with van der Waals surface area (Å²) in [5, 5.41) is 2.84. The third-order valence-electron chi connectivity index (χ3n) is 6.92. The summed E-state index contributed by atoms with van der Waals surface area (Å²) in [4.78, 5) is 52.5. The Morgan fingerprint density at radius 3 is 2.68 bits per heavy atom. The largest absolute Gasteiger partial charge is 0.333 e. The normalized spacial score (nSPS) is 22.6. The number of imide groups is 1. The molecule has 2 atom stereocenters. The number of nitrogens with zero attached hydrogens (tertiary/aromatic N) is 4. The topological polar surface area (TPSA) is 83.5 Å². The lowest BCUT2D eigenvalue weighted by atomic mass is 9.74. The summed E-state index contributed by atoms with van der Waals surface area (Å²) < 4.78 is 0. The van der Waals surface area contributed by atoms with Gasteiger partial charge >= 0.3 is 0 Å². The molecule has 1 aromatic carbocycles. The maximum absolute atomic E-state index is 14.0. The Bertz CT molecular complexity index is 1210. The van der Waals surface area contributed by atoms with Gasteiger partial charge in [0.15, 0.2) is 0 Å². The molecule has 2 aromatic heterocycles. The van der Waals surface area contributed by atoms with Crippen LogP contribution in [0, 0.1) is 6.92 Å². The summed E-state index contributed by atoms with van der Waals surface area (Å²) in [5.74, 6) is -0.661. The van der Waals surface area contributed by atoms with Gasteiger partial charge in [-0.2, -0.15) is 0 Å². The number of benzene rings is 1. The van der Waals surface area contributed by atoms with E-state index in [4.69, 9.17) is 0 Å². The minimum atomic E-state index is -1.21. The number of rotatable bonds is 6. The fraction of sp³-hybridized carbons (Fsp3) is 0.346. The Hall–Kier alpha value is -3.39. The summed E-state index contributed by atoms with van der Waals surface area (Å²) in [6, 6.07) is 11.1. The molecule has 0 bridgehead atoms. The smallest absolute Gasteiger partial charge is 0.241 e. The highest BCUT2D eigenvalue weighted by molar-refractivity contribution is 7.09. The fourth-order valence-corrected chi connectivity index (χ4v) is 6.05. The molecule has 7 nitrogen and oxygen atoms in total. The molecular formula is C26H26N4O3S. The van der Waals surface area contributed by atoms with Gasteiger partial charge in [0.2, 0.25) is 17.7 Å². The van der Waals surface area contributed by atoms with Crippen LogP contribution in [0.25, 0.3) is 0 Å². The van der Waals surface area contributed by atoms with Gasteiger partial charge in [-0.05, 0) is 48.6 Å². The summed E-state index contributed by atoms with van der Waals surface area (Å²) in [6.45, 7) is 2.74. The zero-order chi connectivity index (χ0) is 23.7. The Labute approximate surface area is 202 Å². The molecule has 5 rings (SSSR count). The highest BCUT2D eigenvalue weighted by Gasteiger charge is 2.55. The van der Waals surface area contributed by atoms with Crippen LogP contribution < -0.4 is 0 Å². The van der Waals surface area contributed by atoms with Crippen LogP contribution in [0.1, 0.15) is 53.4 Å². The van der Waals surface area contributed by atoms with Crippen molar-refractivity contribution in [1.29, 1.82) is 0 Å². The van der Waals surface area contributed by atoms with Gasteiger partial charge in [-0.3, -0.25) is 24.3 Å². The molecular weight excluding hydrogens is 448 g/mol. The van der Waals surface area contributed by atoms with E-state index in [0.29, 0.717) is 6.54 Å². The Morgan fingerprint density at radius 1 is 1.15 bits per heavy atom. The molecule has 4 heterocycles. The van der Waals surface area contributed by atoms with Crippen LogP contribution >= 0.6 is 11.3 Å². The van der Waals surface area contributed by atoms with Crippen LogP contribution in [0.3, 0.4) is 0 Å². The summed E-state index contributed by atoms with van der Waals surface area (Å²) in [5.41, 5.74) is 1.28. The van der Waals surface area contributed by atoms with E-state index in [-0.39, 0.29) is 43.1 Å². The first-order chi connectivity index (χ1) is 16.5. The van der Waals surface area contributed by atoms with Gasteiger partial charge in [0.25, 0.3) is 0 Å². The molecule has 0 N–H and O–H groups in total. The molecule has 8 heteroatoms. The van der Waals surface area contributed by atoms with Crippen LogP contribution in [0.4, 0.5) is 0 Å². The molecule has 2 aliphatic rings. The number of thiazole rings is 1. The van der Waals surface area contributed by atoms with E-state index in [1.165, 1.54) is 4.90 Å². The maximum Gasteiger partial charge on any atom is 0.241 e. The lowest BCUT2D eigenvalue weighted by Gasteiger charge is -2.32. The number of aryl methyl sites for hydroxylation is 1. The van der Waals surface area contributed by atoms with E-state index < -0.39 is 5.41 Å². The number of likely N-dealkylation sites (tertiary alicyclic amines) is 2. The Balaban J connectivity index is 1.49. The molecule has 3 amide bonds. The second-order valence-electron chi connectivity index (χ2n) is 9.01. The van der Waals surface area contributed by atoms with Crippen molar-refractivity contribution in [1.82, 2.24) is 19.8 Å². The molecule has 34 heavy (non-hydrogen) atoms. The number of pyridine rings is 1. The lowest BCUT2D eigenvalue weighted by molar-refractivity contribution is -0.143. The van der Waals surface area contributed by atoms with Gasteiger partial charge in [0.05, 0.1) is 18.0 Å². The first-order valence-corrected chi connectivity index (χ1v) is 12.4. The van der Waals surface area contributed by atoms with E-state index in [1.807, 2.05) is 41.5 Å². The average Bonchev–Trinajstić information content (AvgIpc) is 3.58. The maximum atomic E-state index is 14.0. The van der Waals surface area contributed by atoms with Crippen molar-refractivity contribution in [2.75, 3.05) is 6.54 Å². The van der Waals surface area contributed by atoms with E-state index in [0.717, 1.165) is 34.5 Å². The standard InChI is InChI=1S/C26H26N4O3S/c1-18-5-2-3-6-20(18)26(15-22(31)29-13-4-7-21(29)24-28-12-14-34-24)16-23(32)30(25(26)33)17-19-8-10-27-11-9-19/h2-3,5-6,8-12,14,21H,4,7,13,15-17H2,1H3/t21-,26+/m1/s1. The number of carbonyl (C=O) groups excluding carboxylic acids is 3. The molecule has 0 aliphatic carbocycles. The highest BCUT2D eigenvalue weighted by atomic mass is 32.1. The first kappa shape index (κ1) is 22.4. The minimum Gasteiger partial charge on any atom is -0.333 e. The van der Waals surface area contributed by atoms with Gasteiger partial charge in [-0.1, -0.05) is 24.3 Å². The summed E-state index contributed by atoms with van der Waals surface area (Å²) in [7, 11) is 0. The van der Waals surface area contributed by atoms with Crippen LogP contribution in [0.5, 0.6) is 0 Å². The molecule has 0 radical (unpaired) electrons. The number of hydrogen-bond acceptors (Lipinski definition) is 6. The van der Waals surface area contributed by atoms with Crippen LogP contribution in [-0.4, -0.2) is 44.0 Å². The Kier molecular flexibility index (Phi) is 6.00. The lowest BCUT2D eigenvalue weighted by Crippen LogP contribution is -2.43. The van der Waals surface area contributed by atoms with Crippen molar-refractivity contribution in [3.63, 3.8) is 0 Å². The van der Waals surface area contributed by atoms with Gasteiger partial charge in [-0.15, -0.1) is 11.3 Å². The number of aromatic nitrogens is 2. The molecule has 2 aliphatic heterocycles. The third kappa shape index (κ3) is 3.92. The molecule has 3 aromatic rings. The van der Waals surface area contributed by atoms with E-state index in [9.17, 15) is 14.4 Å². The summed E-state index contributed by atoms with van der Waals surface area (Å²) in [6.07, 6.45) is 6.76. The first-order valence-electron chi connectivity index (χ1n) is 11.5. The van der Waals surface area contributed by atoms with Crippen molar-refractivity contribution in [3.8, 4) is 0 Å². The number of amides is 3. The highest BCUT2D eigenvalue weighted by Crippen LogP contribution is 2.43. The molecule has 0 saturated carbocycles. The predicted molar refractivity (Wildman–Crippen MR) is 128 cm³/mol. The van der Waals surface area contributed by atoms with Crippen LogP contribution in [-0.2, 0) is 26.3 Å². The SMILES string of the molecule is Cc1ccccc1[C@]1(CC(=O)N2CCC[C@@H]2c2nccs2)CC(=O)N(Cc2ccncc2)C1=O. The van der Waals surface area contributed by atoms with Crippen molar-refractivity contribution < 1.29 is 14.4 Å².